The van der Waals surface area contributed by atoms with Crippen LogP contribution in [0.1, 0.15) is 5.56 Å². The van der Waals surface area contributed by atoms with E-state index in [1.165, 1.54) is 5.01 Å². The maximum Gasteiger partial charge on any atom is 0.338 e. The average molecular weight is 327 g/mol. The SMILES string of the molecule is C=C(/N=C(/N)NC(=O)N(CCn1cccn1)NC)c1ccccc1. The molecule has 126 valence electrons. The van der Waals surface area contributed by atoms with Gasteiger partial charge in [-0.05, 0) is 11.6 Å². The molecule has 0 aliphatic heterocycles. The lowest BCUT2D eigenvalue weighted by atomic mass is 10.2. The predicted molar refractivity (Wildman–Crippen MR) is 93.6 cm³/mol. The standard InChI is InChI=1S/C16H21N7O/c1-13(14-7-4-3-5-8-14)20-15(17)21-16(24)23(18-2)12-11-22-10-6-9-19-22/h3-10,18H,1,11-12H2,2H3,(H3,17,20,21,24). The number of nitrogens with two attached hydrogens (primary N) is 1. The van der Waals surface area contributed by atoms with Crippen LogP contribution in [-0.2, 0) is 6.54 Å². The van der Waals surface area contributed by atoms with Gasteiger partial charge in [0.05, 0.1) is 18.8 Å². The van der Waals surface area contributed by atoms with Crippen LogP contribution in [-0.4, -0.2) is 40.4 Å². The second-order valence-electron chi connectivity index (χ2n) is 4.88. The molecule has 0 unspecified atom stereocenters. The average Bonchev–Trinajstić information content (AvgIpc) is 3.09. The van der Waals surface area contributed by atoms with E-state index in [2.05, 4.69) is 27.4 Å². The third-order valence-electron chi connectivity index (χ3n) is 3.22. The van der Waals surface area contributed by atoms with Crippen LogP contribution in [0, 0.1) is 0 Å². The zero-order valence-corrected chi connectivity index (χ0v) is 13.5. The molecule has 2 aromatic rings. The Balaban J connectivity index is 1.91. The number of carbonyl (C=O) groups is 1. The molecule has 2 rings (SSSR count). The van der Waals surface area contributed by atoms with Crippen LogP contribution < -0.4 is 16.5 Å². The van der Waals surface area contributed by atoms with E-state index >= 15 is 0 Å². The number of carbonyl (C=O) groups excluding carboxylic acids is 1. The van der Waals surface area contributed by atoms with Crippen molar-refractivity contribution in [2.75, 3.05) is 13.6 Å². The van der Waals surface area contributed by atoms with Gasteiger partial charge < -0.3 is 5.73 Å². The van der Waals surface area contributed by atoms with Gasteiger partial charge in [-0.2, -0.15) is 5.10 Å². The molecule has 2 amide bonds. The summed E-state index contributed by atoms with van der Waals surface area (Å²) in [4.78, 5) is 16.3. The Morgan fingerprint density at radius 1 is 1.38 bits per heavy atom. The topological polar surface area (TPSA) is 101 Å². The fourth-order valence-corrected chi connectivity index (χ4v) is 2.00. The van der Waals surface area contributed by atoms with Crippen molar-refractivity contribution in [3.05, 3.63) is 60.9 Å². The van der Waals surface area contributed by atoms with E-state index in [9.17, 15) is 4.79 Å². The number of hydrogen-bond donors (Lipinski definition) is 3. The van der Waals surface area contributed by atoms with Crippen molar-refractivity contribution in [2.45, 2.75) is 6.54 Å². The van der Waals surface area contributed by atoms with Crippen molar-refractivity contribution >= 4 is 17.7 Å². The fraction of sp³-hybridized carbons (Fsp3) is 0.188. The monoisotopic (exact) mass is 327 g/mol. The van der Waals surface area contributed by atoms with Crippen molar-refractivity contribution < 1.29 is 4.79 Å². The van der Waals surface area contributed by atoms with Crippen molar-refractivity contribution in [3.8, 4) is 0 Å². The number of nitrogens with zero attached hydrogens (tertiary/aromatic N) is 4. The summed E-state index contributed by atoms with van der Waals surface area (Å²) in [5.74, 6) is -0.0202. The van der Waals surface area contributed by atoms with Gasteiger partial charge in [-0.25, -0.2) is 15.2 Å². The Bertz CT molecular complexity index is 694. The lowest BCUT2D eigenvalue weighted by molar-refractivity contribution is 0.178. The van der Waals surface area contributed by atoms with Crippen LogP contribution in [0.15, 0.2) is 60.4 Å². The molecule has 0 atom stereocenters. The molecule has 1 aromatic carbocycles. The summed E-state index contributed by atoms with van der Waals surface area (Å²) >= 11 is 0. The lowest BCUT2D eigenvalue weighted by Crippen LogP contribution is -2.51. The molecular weight excluding hydrogens is 306 g/mol. The number of hydrazine groups is 1. The number of benzene rings is 1. The van der Waals surface area contributed by atoms with Crippen molar-refractivity contribution in [1.29, 1.82) is 0 Å². The molecule has 1 aromatic heterocycles. The smallest absolute Gasteiger partial charge is 0.338 e. The van der Waals surface area contributed by atoms with Gasteiger partial charge in [0.1, 0.15) is 0 Å². The van der Waals surface area contributed by atoms with Crippen molar-refractivity contribution in [2.24, 2.45) is 10.7 Å². The molecular formula is C16H21N7O. The third kappa shape index (κ3) is 4.96. The normalized spacial score (nSPS) is 11.1. The van der Waals surface area contributed by atoms with Crippen LogP contribution in [0.2, 0.25) is 0 Å². The summed E-state index contributed by atoms with van der Waals surface area (Å²) in [6, 6.07) is 10.8. The molecule has 24 heavy (non-hydrogen) atoms. The summed E-state index contributed by atoms with van der Waals surface area (Å²) in [7, 11) is 1.65. The zero-order valence-electron chi connectivity index (χ0n) is 13.5. The molecule has 4 N–H and O–H groups in total. The molecule has 0 fully saturated rings. The first-order valence-corrected chi connectivity index (χ1v) is 7.42. The fourth-order valence-electron chi connectivity index (χ4n) is 2.00. The number of guanidine groups is 1. The molecule has 0 saturated carbocycles. The summed E-state index contributed by atoms with van der Waals surface area (Å²) in [5.41, 5.74) is 9.89. The molecule has 0 bridgehead atoms. The Morgan fingerprint density at radius 3 is 2.75 bits per heavy atom. The quantitative estimate of drug-likeness (QED) is 0.419. The summed E-state index contributed by atoms with van der Waals surface area (Å²) in [5, 5.41) is 7.99. The van der Waals surface area contributed by atoms with E-state index in [1.54, 1.807) is 17.9 Å². The van der Waals surface area contributed by atoms with E-state index in [0.29, 0.717) is 18.8 Å². The molecule has 1 heterocycles. The summed E-state index contributed by atoms with van der Waals surface area (Å²) in [6.07, 6.45) is 3.51. The Hall–Kier alpha value is -3.13. The molecule has 0 spiro atoms. The van der Waals surface area contributed by atoms with Crippen molar-refractivity contribution in [1.82, 2.24) is 25.5 Å². The van der Waals surface area contributed by atoms with Gasteiger partial charge in [-0.15, -0.1) is 0 Å². The van der Waals surface area contributed by atoms with Gasteiger partial charge in [-0.3, -0.25) is 15.0 Å². The second-order valence-corrected chi connectivity index (χ2v) is 4.88. The Kier molecular flexibility index (Phi) is 6.09. The highest BCUT2D eigenvalue weighted by atomic mass is 16.2. The van der Waals surface area contributed by atoms with Gasteiger partial charge in [0.25, 0.3) is 0 Å². The Morgan fingerprint density at radius 2 is 2.12 bits per heavy atom. The highest BCUT2D eigenvalue weighted by molar-refractivity contribution is 5.97. The minimum Gasteiger partial charge on any atom is -0.369 e. The number of nitrogens with one attached hydrogen (secondary N) is 2. The first-order chi connectivity index (χ1) is 11.6. The number of urea groups is 1. The van der Waals surface area contributed by atoms with Gasteiger partial charge >= 0.3 is 6.03 Å². The van der Waals surface area contributed by atoms with Gasteiger partial charge in [0.15, 0.2) is 0 Å². The van der Waals surface area contributed by atoms with Crippen molar-refractivity contribution in [3.63, 3.8) is 0 Å². The minimum atomic E-state index is -0.410. The molecule has 0 aliphatic carbocycles. The first kappa shape index (κ1) is 17.2. The largest absolute Gasteiger partial charge is 0.369 e. The number of hydrogen-bond acceptors (Lipinski definition) is 4. The highest BCUT2D eigenvalue weighted by Gasteiger charge is 2.13. The molecule has 8 heteroatoms. The van der Waals surface area contributed by atoms with Crippen LogP contribution >= 0.6 is 0 Å². The van der Waals surface area contributed by atoms with E-state index in [-0.39, 0.29) is 5.96 Å². The summed E-state index contributed by atoms with van der Waals surface area (Å²) in [6.45, 7) is 4.81. The summed E-state index contributed by atoms with van der Waals surface area (Å²) < 4.78 is 1.73. The number of aromatic nitrogens is 2. The minimum absolute atomic E-state index is 0.0202. The first-order valence-electron chi connectivity index (χ1n) is 7.42. The Labute approximate surface area is 140 Å². The number of amides is 2. The highest BCUT2D eigenvalue weighted by Crippen LogP contribution is 2.12. The van der Waals surface area contributed by atoms with E-state index in [0.717, 1.165) is 5.56 Å². The van der Waals surface area contributed by atoms with E-state index in [1.807, 2.05) is 42.6 Å². The zero-order chi connectivity index (χ0) is 17.4. The van der Waals surface area contributed by atoms with Gasteiger partial charge in [0.2, 0.25) is 5.96 Å². The molecule has 0 saturated heterocycles. The molecule has 0 radical (unpaired) electrons. The maximum absolute atomic E-state index is 12.2. The van der Waals surface area contributed by atoms with Gasteiger partial charge in [0, 0.05) is 19.4 Å². The van der Waals surface area contributed by atoms with Crippen LogP contribution in [0.5, 0.6) is 0 Å². The maximum atomic E-state index is 12.2. The lowest BCUT2D eigenvalue weighted by Gasteiger charge is -2.21. The molecule has 8 nitrogen and oxygen atoms in total. The van der Waals surface area contributed by atoms with Crippen LogP contribution in [0.4, 0.5) is 4.79 Å². The van der Waals surface area contributed by atoms with E-state index < -0.39 is 6.03 Å². The number of rotatable bonds is 6. The second kappa shape index (κ2) is 8.49. The van der Waals surface area contributed by atoms with Gasteiger partial charge in [-0.1, -0.05) is 36.9 Å². The van der Waals surface area contributed by atoms with E-state index in [4.69, 9.17) is 5.73 Å². The number of aliphatic imine (C=N–C) groups is 1. The van der Waals surface area contributed by atoms with Crippen LogP contribution in [0.3, 0.4) is 0 Å². The predicted octanol–water partition coefficient (Wildman–Crippen LogP) is 1.01. The third-order valence-corrected chi connectivity index (χ3v) is 3.22. The molecule has 0 aliphatic rings. The van der Waals surface area contributed by atoms with Crippen LogP contribution in [0.25, 0.3) is 5.70 Å².